The monoisotopic (exact) mass is 577 g/mol. The molecule has 0 saturated heterocycles. The number of aromatic nitrogens is 1. The highest BCUT2D eigenvalue weighted by Gasteiger charge is 2.37. The summed E-state index contributed by atoms with van der Waals surface area (Å²) in [6, 6.07) is 8.85. The molecule has 1 aliphatic heterocycles. The van der Waals surface area contributed by atoms with Gasteiger partial charge in [-0.25, -0.2) is 13.4 Å². The number of anilines is 2. The van der Waals surface area contributed by atoms with Crippen LogP contribution < -0.4 is 15.0 Å². The van der Waals surface area contributed by atoms with Crippen LogP contribution in [-0.4, -0.2) is 44.1 Å². The summed E-state index contributed by atoms with van der Waals surface area (Å²) in [6.07, 6.45) is 2.27. The predicted molar refractivity (Wildman–Crippen MR) is 139 cm³/mol. The quantitative estimate of drug-likeness (QED) is 0.420. The molecule has 184 valence electrons. The van der Waals surface area contributed by atoms with Crippen LogP contribution in [0, 0.1) is 5.92 Å². The van der Waals surface area contributed by atoms with E-state index in [0.29, 0.717) is 34.9 Å². The number of sulfone groups is 1. The topological polar surface area (TPSA) is 106 Å². The maximum absolute atomic E-state index is 13.1. The van der Waals surface area contributed by atoms with Gasteiger partial charge >= 0.3 is 0 Å². The van der Waals surface area contributed by atoms with Gasteiger partial charge in [0, 0.05) is 29.0 Å². The van der Waals surface area contributed by atoms with E-state index in [0.717, 1.165) is 34.4 Å². The maximum Gasteiger partial charge on any atom is 0.230 e. The van der Waals surface area contributed by atoms with Gasteiger partial charge in [0.2, 0.25) is 11.8 Å². The molecule has 3 aromatic rings. The summed E-state index contributed by atoms with van der Waals surface area (Å²) in [4.78, 5) is 31.3. The molecule has 2 aliphatic rings. The van der Waals surface area contributed by atoms with Crippen molar-refractivity contribution in [2.45, 2.75) is 37.5 Å². The highest BCUT2D eigenvalue weighted by atomic mass is 79.9. The van der Waals surface area contributed by atoms with Gasteiger partial charge in [-0.05, 0) is 78.0 Å². The molecular weight excluding hydrogens is 554 g/mol. The van der Waals surface area contributed by atoms with E-state index in [1.807, 2.05) is 25.1 Å². The second-order valence-electron chi connectivity index (χ2n) is 8.62. The first-order valence-corrected chi connectivity index (χ1v) is 14.7. The van der Waals surface area contributed by atoms with Crippen molar-refractivity contribution >= 4 is 70.0 Å². The number of hydrogen-bond acceptors (Lipinski definition) is 7. The van der Waals surface area contributed by atoms with Crippen molar-refractivity contribution < 1.29 is 22.7 Å². The number of rotatable bonds is 8. The van der Waals surface area contributed by atoms with Crippen LogP contribution in [0.3, 0.4) is 0 Å². The van der Waals surface area contributed by atoms with Crippen LogP contribution >= 0.6 is 27.3 Å². The van der Waals surface area contributed by atoms with Gasteiger partial charge in [0.1, 0.15) is 5.75 Å². The molecule has 35 heavy (non-hydrogen) atoms. The number of thiazole rings is 1. The van der Waals surface area contributed by atoms with Crippen molar-refractivity contribution in [3.05, 3.63) is 40.4 Å². The molecule has 1 aliphatic carbocycles. The van der Waals surface area contributed by atoms with E-state index in [9.17, 15) is 18.0 Å². The number of halogens is 1. The second kappa shape index (κ2) is 9.51. The van der Waals surface area contributed by atoms with Crippen LogP contribution in [0.1, 0.15) is 31.7 Å². The Morgan fingerprint density at radius 3 is 2.80 bits per heavy atom. The molecule has 0 unspecified atom stereocenters. The Morgan fingerprint density at radius 2 is 2.06 bits per heavy atom. The van der Waals surface area contributed by atoms with Gasteiger partial charge < -0.3 is 15.0 Å². The van der Waals surface area contributed by atoms with E-state index in [4.69, 9.17) is 4.74 Å². The van der Waals surface area contributed by atoms with E-state index >= 15 is 0 Å². The molecule has 1 fully saturated rings. The molecular formula is C24H24BrN3O5S2. The zero-order chi connectivity index (χ0) is 24.7. The zero-order valence-corrected chi connectivity index (χ0v) is 22.3. The minimum Gasteiger partial charge on any atom is -0.494 e. The molecule has 0 radical (unpaired) electrons. The Kier molecular flexibility index (Phi) is 6.58. The summed E-state index contributed by atoms with van der Waals surface area (Å²) < 4.78 is 33.1. The summed E-state index contributed by atoms with van der Waals surface area (Å²) in [6.45, 7) is 3.02. The highest BCUT2D eigenvalue weighted by molar-refractivity contribution is 9.10. The van der Waals surface area contributed by atoms with E-state index in [-0.39, 0.29) is 28.9 Å². The van der Waals surface area contributed by atoms with Crippen LogP contribution in [0.5, 0.6) is 5.75 Å². The molecule has 8 nitrogen and oxygen atoms in total. The Morgan fingerprint density at radius 1 is 1.26 bits per heavy atom. The molecule has 1 saturated carbocycles. The summed E-state index contributed by atoms with van der Waals surface area (Å²) >= 11 is 4.68. The van der Waals surface area contributed by atoms with Gasteiger partial charge in [-0.1, -0.05) is 11.3 Å². The molecule has 0 bridgehead atoms. The molecule has 2 aromatic carbocycles. The number of carbonyl (C=O) groups is 2. The molecule has 2 amide bonds. The maximum atomic E-state index is 13.1. The average molecular weight is 579 g/mol. The van der Waals surface area contributed by atoms with E-state index in [1.165, 1.54) is 11.3 Å². The summed E-state index contributed by atoms with van der Waals surface area (Å²) in [5.41, 5.74) is 2.34. The van der Waals surface area contributed by atoms with Crippen LogP contribution in [0.2, 0.25) is 0 Å². The van der Waals surface area contributed by atoms with Gasteiger partial charge in [0.15, 0.2) is 15.0 Å². The van der Waals surface area contributed by atoms with Crippen molar-refractivity contribution in [1.82, 2.24) is 4.98 Å². The van der Waals surface area contributed by atoms with Crippen molar-refractivity contribution in [1.29, 1.82) is 0 Å². The Labute approximate surface area is 215 Å². The van der Waals surface area contributed by atoms with Crippen molar-refractivity contribution in [3.63, 3.8) is 0 Å². The fourth-order valence-electron chi connectivity index (χ4n) is 4.14. The van der Waals surface area contributed by atoms with E-state index in [2.05, 4.69) is 26.2 Å². The number of hydrogen-bond donors (Lipinski definition) is 1. The van der Waals surface area contributed by atoms with Gasteiger partial charge in [0.25, 0.3) is 0 Å². The minimum absolute atomic E-state index is 0.0571. The lowest BCUT2D eigenvalue weighted by atomic mass is 10.2. The Balaban J connectivity index is 1.27. The second-order valence-corrected chi connectivity index (χ2v) is 12.6. The number of nitrogens with zero attached hydrogens (tertiary/aromatic N) is 2. The number of fused-ring (bicyclic) bond motifs is 2. The largest absolute Gasteiger partial charge is 0.494 e. The SMILES string of the molecule is CCOc1ccc2nc(NC(=O)CCS(=O)(=O)c3cc4c(cc3Br)CCN4C(=O)C3CC3)sc2c1. The Bertz CT molecular complexity index is 1430. The van der Waals surface area contributed by atoms with Gasteiger partial charge in [-0.2, -0.15) is 0 Å². The molecule has 1 N–H and O–H groups in total. The summed E-state index contributed by atoms with van der Waals surface area (Å²) in [5.74, 6) is 0.0664. The van der Waals surface area contributed by atoms with Crippen LogP contribution in [0.4, 0.5) is 10.8 Å². The van der Waals surface area contributed by atoms with Crippen LogP contribution in [0.15, 0.2) is 39.7 Å². The smallest absolute Gasteiger partial charge is 0.230 e. The number of benzene rings is 2. The molecule has 1 aromatic heterocycles. The standard InChI is InChI=1S/C24H24BrN3O5S2/c1-2-33-16-5-6-18-20(12-16)34-24(26-18)27-22(29)8-10-35(31,32)21-13-19-15(11-17(21)25)7-9-28(19)23(30)14-3-4-14/h5-6,11-14H,2-4,7-10H2,1H3,(H,26,27,29). The van der Waals surface area contributed by atoms with Crippen molar-refractivity contribution in [2.75, 3.05) is 29.1 Å². The van der Waals surface area contributed by atoms with Crippen molar-refractivity contribution in [3.8, 4) is 5.75 Å². The highest BCUT2D eigenvalue weighted by Crippen LogP contribution is 2.40. The molecule has 5 rings (SSSR count). The third kappa shape index (κ3) is 5.07. The first-order chi connectivity index (χ1) is 16.7. The van der Waals surface area contributed by atoms with E-state index < -0.39 is 15.7 Å². The van der Waals surface area contributed by atoms with Crippen LogP contribution in [-0.2, 0) is 25.8 Å². The molecule has 2 heterocycles. The zero-order valence-electron chi connectivity index (χ0n) is 19.0. The lowest BCUT2D eigenvalue weighted by molar-refractivity contribution is -0.119. The number of nitrogens with one attached hydrogen (secondary N) is 1. The summed E-state index contributed by atoms with van der Waals surface area (Å²) in [5, 5.41) is 3.11. The summed E-state index contributed by atoms with van der Waals surface area (Å²) in [7, 11) is -3.77. The number of carbonyl (C=O) groups excluding carboxylic acids is 2. The normalized spacial score (nSPS) is 15.3. The first-order valence-electron chi connectivity index (χ1n) is 11.4. The predicted octanol–water partition coefficient (Wildman–Crippen LogP) is 4.56. The van der Waals surface area contributed by atoms with Gasteiger partial charge in [-0.3, -0.25) is 9.59 Å². The van der Waals surface area contributed by atoms with Crippen LogP contribution in [0.25, 0.3) is 10.2 Å². The lowest BCUT2D eigenvalue weighted by Crippen LogP contribution is -2.30. The third-order valence-corrected chi connectivity index (χ3v) is 9.67. The fraction of sp³-hybridized carbons (Fsp3) is 0.375. The number of ether oxygens (including phenoxy) is 1. The number of amides is 2. The first kappa shape index (κ1) is 24.2. The van der Waals surface area contributed by atoms with Gasteiger partial charge in [0.05, 0.1) is 27.5 Å². The van der Waals surface area contributed by atoms with Crippen molar-refractivity contribution in [2.24, 2.45) is 5.92 Å². The average Bonchev–Trinajstić information content (AvgIpc) is 3.47. The lowest BCUT2D eigenvalue weighted by Gasteiger charge is -2.18. The minimum atomic E-state index is -3.77. The molecule has 11 heteroatoms. The van der Waals surface area contributed by atoms with E-state index in [1.54, 1.807) is 17.0 Å². The third-order valence-electron chi connectivity index (χ3n) is 6.07. The Hall–Kier alpha value is -2.50. The molecule has 0 atom stereocenters. The fourth-order valence-corrected chi connectivity index (χ4v) is 7.50. The molecule has 0 spiro atoms. The van der Waals surface area contributed by atoms with Gasteiger partial charge in [-0.15, -0.1) is 0 Å².